The van der Waals surface area contributed by atoms with Gasteiger partial charge in [0.05, 0.1) is 24.0 Å². The van der Waals surface area contributed by atoms with Gasteiger partial charge in [-0.2, -0.15) is 0 Å². The summed E-state index contributed by atoms with van der Waals surface area (Å²) in [5.74, 6) is -0.263. The molecule has 0 aliphatic carbocycles. The molecule has 0 radical (unpaired) electrons. The molecule has 1 heterocycles. The lowest BCUT2D eigenvalue weighted by Gasteiger charge is -2.15. The van der Waals surface area contributed by atoms with E-state index >= 15 is 0 Å². The SMILES string of the molecule is Cc1cc(NC2CCOC2)c(N)cc1F. The fourth-order valence-corrected chi connectivity index (χ4v) is 1.69. The maximum Gasteiger partial charge on any atom is 0.128 e. The minimum absolute atomic E-state index is 0.263. The smallest absolute Gasteiger partial charge is 0.128 e. The fraction of sp³-hybridized carbons (Fsp3) is 0.455. The molecule has 3 nitrogen and oxygen atoms in total. The molecule has 0 spiro atoms. The van der Waals surface area contributed by atoms with Gasteiger partial charge in [0, 0.05) is 6.61 Å². The van der Waals surface area contributed by atoms with Crippen molar-refractivity contribution >= 4 is 11.4 Å². The lowest BCUT2D eigenvalue weighted by molar-refractivity contribution is 0.195. The van der Waals surface area contributed by atoms with Crippen LogP contribution in [-0.2, 0) is 4.74 Å². The summed E-state index contributed by atoms with van der Waals surface area (Å²) in [4.78, 5) is 0. The Morgan fingerprint density at radius 2 is 2.33 bits per heavy atom. The number of ether oxygens (including phenoxy) is 1. The number of benzene rings is 1. The van der Waals surface area contributed by atoms with Crippen molar-refractivity contribution < 1.29 is 9.13 Å². The Morgan fingerprint density at radius 1 is 1.53 bits per heavy atom. The van der Waals surface area contributed by atoms with Gasteiger partial charge in [0.15, 0.2) is 0 Å². The maximum atomic E-state index is 13.1. The van der Waals surface area contributed by atoms with E-state index < -0.39 is 0 Å². The van der Waals surface area contributed by atoms with Gasteiger partial charge in [-0.15, -0.1) is 0 Å². The minimum atomic E-state index is -0.263. The van der Waals surface area contributed by atoms with Crippen LogP contribution in [0.1, 0.15) is 12.0 Å². The predicted molar refractivity (Wildman–Crippen MR) is 58.4 cm³/mol. The molecule has 1 fully saturated rings. The topological polar surface area (TPSA) is 47.3 Å². The van der Waals surface area contributed by atoms with Gasteiger partial charge >= 0.3 is 0 Å². The number of nitrogen functional groups attached to an aromatic ring is 1. The number of hydrogen-bond donors (Lipinski definition) is 2. The molecule has 4 heteroatoms. The summed E-state index contributed by atoms with van der Waals surface area (Å²) >= 11 is 0. The standard InChI is InChI=1S/C11H15FN2O/c1-7-4-11(10(13)5-9(7)12)14-8-2-3-15-6-8/h4-5,8,14H,2-3,6,13H2,1H3. The van der Waals surface area contributed by atoms with Crippen molar-refractivity contribution in [2.24, 2.45) is 0 Å². The second-order valence-corrected chi connectivity index (χ2v) is 3.89. The molecule has 1 saturated heterocycles. The molecule has 1 aliphatic heterocycles. The number of nitrogens with two attached hydrogens (primary N) is 1. The Balaban J connectivity index is 2.16. The van der Waals surface area contributed by atoms with Crippen LogP contribution in [0.15, 0.2) is 12.1 Å². The van der Waals surface area contributed by atoms with Crippen molar-refractivity contribution in [2.45, 2.75) is 19.4 Å². The third-order valence-corrected chi connectivity index (χ3v) is 2.62. The van der Waals surface area contributed by atoms with Gasteiger partial charge in [0.25, 0.3) is 0 Å². The van der Waals surface area contributed by atoms with Gasteiger partial charge < -0.3 is 15.8 Å². The lowest BCUT2D eigenvalue weighted by atomic mass is 10.1. The summed E-state index contributed by atoms with van der Waals surface area (Å²) in [5, 5.41) is 3.26. The van der Waals surface area contributed by atoms with Gasteiger partial charge in [-0.25, -0.2) is 4.39 Å². The third kappa shape index (κ3) is 2.21. The van der Waals surface area contributed by atoms with Gasteiger partial charge in [0.2, 0.25) is 0 Å². The Labute approximate surface area is 88.4 Å². The molecule has 1 aliphatic rings. The summed E-state index contributed by atoms with van der Waals surface area (Å²) < 4.78 is 18.4. The third-order valence-electron chi connectivity index (χ3n) is 2.62. The molecule has 2 rings (SSSR count). The normalized spacial score (nSPS) is 20.5. The van der Waals surface area contributed by atoms with Crippen molar-refractivity contribution in [3.05, 3.63) is 23.5 Å². The van der Waals surface area contributed by atoms with Crippen LogP contribution in [-0.4, -0.2) is 19.3 Å². The van der Waals surface area contributed by atoms with Crippen molar-refractivity contribution in [1.29, 1.82) is 0 Å². The van der Waals surface area contributed by atoms with E-state index in [0.717, 1.165) is 18.7 Å². The molecular formula is C11H15FN2O. The highest BCUT2D eigenvalue weighted by atomic mass is 19.1. The molecule has 3 N–H and O–H groups in total. The van der Waals surface area contributed by atoms with Crippen LogP contribution in [0.4, 0.5) is 15.8 Å². The van der Waals surface area contributed by atoms with Crippen LogP contribution in [0, 0.1) is 12.7 Å². The molecule has 15 heavy (non-hydrogen) atoms. The molecule has 1 aromatic carbocycles. The number of hydrogen-bond acceptors (Lipinski definition) is 3. The molecule has 1 atom stereocenters. The summed E-state index contributed by atoms with van der Waals surface area (Å²) in [5.41, 5.74) is 7.57. The van der Waals surface area contributed by atoms with Crippen LogP contribution in [0.25, 0.3) is 0 Å². The van der Waals surface area contributed by atoms with Gasteiger partial charge in [-0.1, -0.05) is 0 Å². The van der Waals surface area contributed by atoms with E-state index in [-0.39, 0.29) is 11.9 Å². The average Bonchev–Trinajstić information content (AvgIpc) is 2.67. The molecule has 0 bridgehead atoms. The predicted octanol–water partition coefficient (Wildman–Crippen LogP) is 1.92. The van der Waals surface area contributed by atoms with Crippen LogP contribution in [0.5, 0.6) is 0 Å². The monoisotopic (exact) mass is 210 g/mol. The Hall–Kier alpha value is -1.29. The van der Waals surface area contributed by atoms with E-state index in [1.165, 1.54) is 6.07 Å². The van der Waals surface area contributed by atoms with Crippen molar-refractivity contribution in [1.82, 2.24) is 0 Å². The summed E-state index contributed by atoms with van der Waals surface area (Å²) in [7, 11) is 0. The highest BCUT2D eigenvalue weighted by Gasteiger charge is 2.16. The molecule has 0 saturated carbocycles. The van der Waals surface area contributed by atoms with Crippen molar-refractivity contribution in [2.75, 3.05) is 24.3 Å². The van der Waals surface area contributed by atoms with E-state index in [9.17, 15) is 4.39 Å². The second-order valence-electron chi connectivity index (χ2n) is 3.89. The second kappa shape index (κ2) is 4.06. The van der Waals surface area contributed by atoms with Gasteiger partial charge in [-0.3, -0.25) is 0 Å². The summed E-state index contributed by atoms with van der Waals surface area (Å²) in [6.45, 7) is 3.19. The summed E-state index contributed by atoms with van der Waals surface area (Å²) in [6, 6.07) is 3.38. The van der Waals surface area contributed by atoms with Gasteiger partial charge in [0.1, 0.15) is 5.82 Å². The summed E-state index contributed by atoms with van der Waals surface area (Å²) in [6.07, 6.45) is 0.968. The van der Waals surface area contributed by atoms with E-state index in [4.69, 9.17) is 10.5 Å². The number of rotatable bonds is 2. The number of aryl methyl sites for hydroxylation is 1. The first-order valence-corrected chi connectivity index (χ1v) is 5.06. The van der Waals surface area contributed by atoms with E-state index in [1.807, 2.05) is 0 Å². The van der Waals surface area contributed by atoms with Crippen LogP contribution in [0.2, 0.25) is 0 Å². The minimum Gasteiger partial charge on any atom is -0.397 e. The Kier molecular flexibility index (Phi) is 2.77. The number of anilines is 2. The highest BCUT2D eigenvalue weighted by Crippen LogP contribution is 2.24. The molecule has 0 amide bonds. The van der Waals surface area contributed by atoms with Crippen LogP contribution >= 0.6 is 0 Å². The molecule has 0 aromatic heterocycles. The zero-order valence-corrected chi connectivity index (χ0v) is 8.72. The van der Waals surface area contributed by atoms with E-state index in [1.54, 1.807) is 13.0 Å². The molecule has 1 aromatic rings. The van der Waals surface area contributed by atoms with Crippen LogP contribution < -0.4 is 11.1 Å². The number of halogens is 1. The van der Waals surface area contributed by atoms with Crippen LogP contribution in [0.3, 0.4) is 0 Å². The lowest BCUT2D eigenvalue weighted by Crippen LogP contribution is -2.19. The Morgan fingerprint density at radius 3 is 3.00 bits per heavy atom. The van der Waals surface area contributed by atoms with E-state index in [0.29, 0.717) is 17.9 Å². The average molecular weight is 210 g/mol. The van der Waals surface area contributed by atoms with Crippen molar-refractivity contribution in [3.63, 3.8) is 0 Å². The largest absolute Gasteiger partial charge is 0.397 e. The molecular weight excluding hydrogens is 195 g/mol. The maximum absolute atomic E-state index is 13.1. The zero-order valence-electron chi connectivity index (χ0n) is 8.72. The van der Waals surface area contributed by atoms with Crippen molar-refractivity contribution in [3.8, 4) is 0 Å². The highest BCUT2D eigenvalue weighted by molar-refractivity contribution is 5.67. The fourth-order valence-electron chi connectivity index (χ4n) is 1.69. The molecule has 82 valence electrons. The molecule has 1 unspecified atom stereocenters. The number of nitrogens with one attached hydrogen (secondary N) is 1. The quantitative estimate of drug-likeness (QED) is 0.733. The first-order valence-electron chi connectivity index (χ1n) is 5.06. The zero-order chi connectivity index (χ0) is 10.8. The van der Waals surface area contributed by atoms with E-state index in [2.05, 4.69) is 5.32 Å². The first kappa shape index (κ1) is 10.2. The van der Waals surface area contributed by atoms with Gasteiger partial charge in [-0.05, 0) is 31.0 Å². The first-order chi connectivity index (χ1) is 7.16. The Bertz CT molecular complexity index is 362.